The number of aromatic nitrogens is 1. The number of methoxy groups -OCH3 is 1. The zero-order valence-electron chi connectivity index (χ0n) is 11.3. The first kappa shape index (κ1) is 14.3. The second kappa shape index (κ2) is 6.39. The molecule has 2 rings (SSSR count). The summed E-state index contributed by atoms with van der Waals surface area (Å²) in [6.45, 7) is 1.89. The lowest BCUT2D eigenvalue weighted by molar-refractivity contribution is -0.115. The summed E-state index contributed by atoms with van der Waals surface area (Å²) >= 11 is 5.95. The van der Waals surface area contributed by atoms with Crippen molar-refractivity contribution in [3.05, 3.63) is 52.8 Å². The van der Waals surface area contributed by atoms with Crippen LogP contribution in [0.3, 0.4) is 0 Å². The van der Waals surface area contributed by atoms with Gasteiger partial charge in [-0.05, 0) is 36.2 Å². The van der Waals surface area contributed by atoms with Crippen LogP contribution in [0.4, 0.5) is 5.69 Å². The summed E-state index contributed by atoms with van der Waals surface area (Å²) in [5, 5.41) is 3.05. The Morgan fingerprint density at radius 2 is 2.20 bits per heavy atom. The smallest absolute Gasteiger partial charge is 0.228 e. The topological polar surface area (TPSA) is 51.2 Å². The van der Waals surface area contributed by atoms with E-state index in [1.54, 1.807) is 19.4 Å². The number of rotatable bonds is 4. The van der Waals surface area contributed by atoms with Crippen molar-refractivity contribution in [2.75, 3.05) is 12.4 Å². The number of carbonyl (C=O) groups is 1. The lowest BCUT2D eigenvalue weighted by Crippen LogP contribution is -2.15. The third-order valence-corrected chi connectivity index (χ3v) is 3.05. The standard InChI is InChI=1S/C15H15ClN2O2/c1-10-6-13(15(16)17-9-10)18-14(19)8-11-4-3-5-12(7-11)20-2/h3-7,9H,8H2,1-2H3,(H,18,19). The molecule has 1 aromatic carbocycles. The highest BCUT2D eigenvalue weighted by atomic mass is 35.5. The van der Waals surface area contributed by atoms with Gasteiger partial charge in [-0.25, -0.2) is 4.98 Å². The number of pyridine rings is 1. The molecule has 0 aliphatic carbocycles. The zero-order chi connectivity index (χ0) is 14.5. The second-order valence-electron chi connectivity index (χ2n) is 4.43. The average molecular weight is 291 g/mol. The zero-order valence-corrected chi connectivity index (χ0v) is 12.1. The van der Waals surface area contributed by atoms with Crippen molar-refractivity contribution in [2.45, 2.75) is 13.3 Å². The molecular weight excluding hydrogens is 276 g/mol. The molecule has 0 radical (unpaired) electrons. The van der Waals surface area contributed by atoms with Crippen molar-refractivity contribution >= 4 is 23.2 Å². The lowest BCUT2D eigenvalue weighted by Gasteiger charge is -2.08. The fourth-order valence-corrected chi connectivity index (χ4v) is 1.95. The van der Waals surface area contributed by atoms with E-state index in [2.05, 4.69) is 10.3 Å². The number of benzene rings is 1. The number of halogens is 1. The number of aryl methyl sites for hydroxylation is 1. The molecule has 2 aromatic rings. The normalized spacial score (nSPS) is 10.2. The Morgan fingerprint density at radius 3 is 2.95 bits per heavy atom. The molecule has 104 valence electrons. The summed E-state index contributed by atoms with van der Waals surface area (Å²) in [4.78, 5) is 16.0. The number of hydrogen-bond donors (Lipinski definition) is 1. The van der Waals surface area contributed by atoms with Gasteiger partial charge in [-0.3, -0.25) is 4.79 Å². The maximum Gasteiger partial charge on any atom is 0.228 e. The molecular formula is C15H15ClN2O2. The summed E-state index contributed by atoms with van der Waals surface area (Å²) in [5.74, 6) is 0.582. The summed E-state index contributed by atoms with van der Waals surface area (Å²) in [7, 11) is 1.59. The van der Waals surface area contributed by atoms with Gasteiger partial charge in [0.05, 0.1) is 19.2 Å². The molecule has 0 fully saturated rings. The first-order chi connectivity index (χ1) is 9.58. The van der Waals surface area contributed by atoms with E-state index in [-0.39, 0.29) is 17.5 Å². The quantitative estimate of drug-likeness (QED) is 0.880. The molecule has 0 unspecified atom stereocenters. The maximum atomic E-state index is 12.0. The van der Waals surface area contributed by atoms with Crippen molar-refractivity contribution < 1.29 is 9.53 Å². The molecule has 1 amide bonds. The third kappa shape index (κ3) is 3.71. The number of amides is 1. The highest BCUT2D eigenvalue weighted by molar-refractivity contribution is 6.32. The number of hydrogen-bond acceptors (Lipinski definition) is 3. The number of anilines is 1. The average Bonchev–Trinajstić information content (AvgIpc) is 2.43. The van der Waals surface area contributed by atoms with Crippen molar-refractivity contribution in [3.63, 3.8) is 0 Å². The summed E-state index contributed by atoms with van der Waals surface area (Å²) in [6, 6.07) is 9.18. The Morgan fingerprint density at radius 1 is 1.40 bits per heavy atom. The maximum absolute atomic E-state index is 12.0. The van der Waals surface area contributed by atoms with Gasteiger partial charge in [-0.15, -0.1) is 0 Å². The largest absolute Gasteiger partial charge is 0.497 e. The van der Waals surface area contributed by atoms with Crippen molar-refractivity contribution in [1.82, 2.24) is 4.98 Å². The van der Waals surface area contributed by atoms with Crippen molar-refractivity contribution in [1.29, 1.82) is 0 Å². The monoisotopic (exact) mass is 290 g/mol. The van der Waals surface area contributed by atoms with Crippen molar-refractivity contribution in [2.24, 2.45) is 0 Å². The van der Waals surface area contributed by atoms with Gasteiger partial charge in [0.1, 0.15) is 5.75 Å². The molecule has 4 nitrogen and oxygen atoms in total. The van der Waals surface area contributed by atoms with E-state index in [4.69, 9.17) is 16.3 Å². The van der Waals surface area contributed by atoms with Crippen LogP contribution in [0.1, 0.15) is 11.1 Å². The first-order valence-electron chi connectivity index (χ1n) is 6.13. The van der Waals surface area contributed by atoms with Gasteiger partial charge in [0.25, 0.3) is 0 Å². The Kier molecular flexibility index (Phi) is 4.58. The number of carbonyl (C=O) groups excluding carboxylic acids is 1. The molecule has 0 aliphatic heterocycles. The lowest BCUT2D eigenvalue weighted by atomic mass is 10.1. The minimum Gasteiger partial charge on any atom is -0.497 e. The summed E-state index contributed by atoms with van der Waals surface area (Å²) in [5.41, 5.74) is 2.34. The van der Waals surface area contributed by atoms with E-state index >= 15 is 0 Å². The predicted octanol–water partition coefficient (Wildman–Crippen LogP) is 3.23. The van der Waals surface area contributed by atoms with Gasteiger partial charge in [-0.2, -0.15) is 0 Å². The summed E-state index contributed by atoms with van der Waals surface area (Å²) in [6.07, 6.45) is 1.90. The van der Waals surface area contributed by atoms with Gasteiger partial charge in [0.15, 0.2) is 5.15 Å². The molecule has 1 N–H and O–H groups in total. The van der Waals surface area contributed by atoms with E-state index in [0.717, 1.165) is 16.9 Å². The van der Waals surface area contributed by atoms with Crippen LogP contribution >= 0.6 is 11.6 Å². The molecule has 1 aromatic heterocycles. The molecule has 0 spiro atoms. The number of nitrogens with one attached hydrogen (secondary N) is 1. The van der Waals surface area contributed by atoms with Gasteiger partial charge in [0.2, 0.25) is 5.91 Å². The van der Waals surface area contributed by atoms with Gasteiger partial charge in [0, 0.05) is 6.20 Å². The summed E-state index contributed by atoms with van der Waals surface area (Å²) < 4.78 is 5.13. The van der Waals surface area contributed by atoms with E-state index < -0.39 is 0 Å². The third-order valence-electron chi connectivity index (χ3n) is 2.75. The van der Waals surface area contributed by atoms with Crippen LogP contribution < -0.4 is 10.1 Å². The van der Waals surface area contributed by atoms with Crippen LogP contribution in [0, 0.1) is 6.92 Å². The van der Waals surface area contributed by atoms with Crippen LogP contribution in [0.5, 0.6) is 5.75 Å². The Hall–Kier alpha value is -2.07. The van der Waals surface area contributed by atoms with Gasteiger partial charge < -0.3 is 10.1 Å². The molecule has 0 atom stereocenters. The fraction of sp³-hybridized carbons (Fsp3) is 0.200. The highest BCUT2D eigenvalue weighted by Gasteiger charge is 2.08. The minimum absolute atomic E-state index is 0.146. The van der Waals surface area contributed by atoms with E-state index in [1.165, 1.54) is 0 Å². The fourth-order valence-electron chi connectivity index (χ4n) is 1.80. The number of nitrogens with zero attached hydrogens (tertiary/aromatic N) is 1. The van der Waals surface area contributed by atoms with Gasteiger partial charge in [-0.1, -0.05) is 23.7 Å². The van der Waals surface area contributed by atoms with Crippen LogP contribution in [0.25, 0.3) is 0 Å². The van der Waals surface area contributed by atoms with Crippen LogP contribution in [0.15, 0.2) is 36.5 Å². The van der Waals surface area contributed by atoms with Gasteiger partial charge >= 0.3 is 0 Å². The van der Waals surface area contributed by atoms with Crippen LogP contribution in [-0.2, 0) is 11.2 Å². The predicted molar refractivity (Wildman–Crippen MR) is 79.3 cm³/mol. The van der Waals surface area contributed by atoms with Crippen LogP contribution in [0.2, 0.25) is 5.15 Å². The first-order valence-corrected chi connectivity index (χ1v) is 6.51. The SMILES string of the molecule is COc1cccc(CC(=O)Nc2cc(C)cnc2Cl)c1. The number of ether oxygens (including phenoxy) is 1. The molecule has 0 saturated carbocycles. The Bertz CT molecular complexity index is 629. The van der Waals surface area contributed by atoms with E-state index in [0.29, 0.717) is 5.69 Å². The molecule has 0 aliphatic rings. The minimum atomic E-state index is -0.146. The van der Waals surface area contributed by atoms with Crippen molar-refractivity contribution in [3.8, 4) is 5.75 Å². The van der Waals surface area contributed by atoms with Crippen LogP contribution in [-0.4, -0.2) is 18.0 Å². The molecule has 0 bridgehead atoms. The molecule has 5 heteroatoms. The second-order valence-corrected chi connectivity index (χ2v) is 4.79. The Balaban J connectivity index is 2.07. The van der Waals surface area contributed by atoms with E-state index in [1.807, 2.05) is 31.2 Å². The molecule has 0 saturated heterocycles. The highest BCUT2D eigenvalue weighted by Crippen LogP contribution is 2.20. The molecule has 1 heterocycles. The van der Waals surface area contributed by atoms with E-state index in [9.17, 15) is 4.79 Å². The Labute approximate surface area is 122 Å². The molecule has 20 heavy (non-hydrogen) atoms.